The third kappa shape index (κ3) is 6.28. The van der Waals surface area contributed by atoms with Crippen molar-refractivity contribution in [2.75, 3.05) is 33.7 Å². The van der Waals surface area contributed by atoms with Crippen molar-refractivity contribution in [1.82, 2.24) is 25.1 Å². The highest BCUT2D eigenvalue weighted by Crippen LogP contribution is 2.31. The number of carbonyl (C=O) groups excluding carboxylic acids is 3. The molecule has 212 valence electrons. The van der Waals surface area contributed by atoms with Gasteiger partial charge in [0.25, 0.3) is 5.91 Å². The summed E-state index contributed by atoms with van der Waals surface area (Å²) in [4.78, 5) is 40.9. The number of esters is 1. The van der Waals surface area contributed by atoms with Crippen molar-refractivity contribution >= 4 is 35.1 Å². The van der Waals surface area contributed by atoms with E-state index in [2.05, 4.69) is 20.5 Å². The molecule has 3 aromatic rings. The summed E-state index contributed by atoms with van der Waals surface area (Å²) in [7, 11) is 3.97. The van der Waals surface area contributed by atoms with E-state index in [1.807, 2.05) is 5.94 Å². The fraction of sp³-hybridized carbons (Fsp3) is 0.222. The highest BCUT2D eigenvalue weighted by Gasteiger charge is 2.33. The lowest BCUT2D eigenvalue weighted by atomic mass is 9.99. The summed E-state index contributed by atoms with van der Waals surface area (Å²) in [5.74, 6) is 1.31. The van der Waals surface area contributed by atoms with E-state index in [-0.39, 0.29) is 52.8 Å². The quantitative estimate of drug-likeness (QED) is 0.205. The van der Waals surface area contributed by atoms with Gasteiger partial charge in [-0.15, -0.1) is 10.2 Å². The molecule has 0 spiro atoms. The van der Waals surface area contributed by atoms with Crippen LogP contribution < -0.4 is 11.1 Å². The summed E-state index contributed by atoms with van der Waals surface area (Å²) in [6.07, 6.45) is 5.59. The van der Waals surface area contributed by atoms with Gasteiger partial charge < -0.3 is 30.0 Å². The van der Waals surface area contributed by atoms with E-state index in [4.69, 9.17) is 36.3 Å². The minimum Gasteiger partial charge on any atom is -0.494 e. The van der Waals surface area contributed by atoms with E-state index in [9.17, 15) is 14.4 Å². The van der Waals surface area contributed by atoms with Crippen LogP contribution in [0.3, 0.4) is 0 Å². The number of rotatable bonds is 10. The van der Waals surface area contributed by atoms with Crippen molar-refractivity contribution in [2.45, 2.75) is 12.5 Å². The predicted molar refractivity (Wildman–Crippen MR) is 146 cm³/mol. The molecule has 0 aliphatic heterocycles. The summed E-state index contributed by atoms with van der Waals surface area (Å²) in [6, 6.07) is 6.08. The summed E-state index contributed by atoms with van der Waals surface area (Å²) in [6.45, 7) is 0.0623. The number of halogens is 1. The fourth-order valence-electron chi connectivity index (χ4n) is 4.01. The van der Waals surface area contributed by atoms with Crippen LogP contribution in [-0.4, -0.2) is 71.6 Å². The standard InChI is InChI=1S/C27H25ClN6O7/c1-38-24-17(13-35)25(39-2)22(41-9-6-15-10-16(27(37)40-3)19(29)11-18(15)28)12-21(24)31-26(36)20-4-5-23(33-32-20)34-8-7-30-14-34/h4-5,7-8,10-12,14,25H,6,9,29H2,1-3H3,(H,31,36). The van der Waals surface area contributed by atoms with E-state index in [1.165, 1.54) is 45.6 Å². The number of methoxy groups -OCH3 is 3. The summed E-state index contributed by atoms with van der Waals surface area (Å²) < 4.78 is 23.2. The first-order valence-corrected chi connectivity index (χ1v) is 12.4. The molecule has 41 heavy (non-hydrogen) atoms. The molecule has 1 unspecified atom stereocenters. The molecule has 0 saturated heterocycles. The van der Waals surface area contributed by atoms with Crippen LogP contribution in [0.15, 0.2) is 71.9 Å². The van der Waals surface area contributed by atoms with Crippen molar-refractivity contribution in [1.29, 1.82) is 0 Å². The Labute approximate surface area is 239 Å². The molecule has 0 radical (unpaired) electrons. The zero-order chi connectivity index (χ0) is 29.5. The number of nitrogen functional groups attached to an aromatic ring is 1. The van der Waals surface area contributed by atoms with Crippen LogP contribution in [0.2, 0.25) is 5.02 Å². The van der Waals surface area contributed by atoms with Gasteiger partial charge in [0.1, 0.15) is 23.6 Å². The molecule has 14 heteroatoms. The van der Waals surface area contributed by atoms with Crippen LogP contribution >= 0.6 is 11.6 Å². The average Bonchev–Trinajstić information content (AvgIpc) is 3.52. The average molecular weight is 581 g/mol. The molecular formula is C27H25ClN6O7. The van der Waals surface area contributed by atoms with Crippen LogP contribution in [0, 0.1) is 0 Å². The van der Waals surface area contributed by atoms with Gasteiger partial charge in [-0.2, -0.15) is 0 Å². The first-order valence-electron chi connectivity index (χ1n) is 12.0. The third-order valence-corrected chi connectivity index (χ3v) is 6.36. The van der Waals surface area contributed by atoms with Crippen molar-refractivity contribution in [3.63, 3.8) is 0 Å². The second kappa shape index (κ2) is 12.9. The number of anilines is 1. The Bertz CT molecular complexity index is 1560. The highest BCUT2D eigenvalue weighted by molar-refractivity contribution is 6.31. The lowest BCUT2D eigenvalue weighted by Gasteiger charge is -2.27. The van der Waals surface area contributed by atoms with Gasteiger partial charge in [-0.1, -0.05) is 11.6 Å². The van der Waals surface area contributed by atoms with Crippen molar-refractivity contribution in [3.05, 3.63) is 93.7 Å². The first-order chi connectivity index (χ1) is 19.8. The predicted octanol–water partition coefficient (Wildman–Crippen LogP) is 2.20. The number of hydrogen-bond acceptors (Lipinski definition) is 11. The number of aromatic nitrogens is 4. The Kier molecular flexibility index (Phi) is 9.15. The number of allylic oxidation sites excluding steroid dienone is 1. The molecule has 0 fully saturated rings. The molecule has 1 aromatic carbocycles. The largest absolute Gasteiger partial charge is 0.494 e. The number of nitrogens with one attached hydrogen (secondary N) is 1. The number of nitrogens with two attached hydrogens (primary N) is 1. The third-order valence-electron chi connectivity index (χ3n) is 6.01. The van der Waals surface area contributed by atoms with Crippen molar-refractivity contribution in [2.24, 2.45) is 0 Å². The maximum absolute atomic E-state index is 13.0. The van der Waals surface area contributed by atoms with Gasteiger partial charge in [-0.05, 0) is 29.8 Å². The summed E-state index contributed by atoms with van der Waals surface area (Å²) in [5.41, 5.74) is 6.93. The SMILES string of the molecule is COC(=O)c1cc(CCOC2=CC(NC(=O)c3ccc(-n4ccnc4)nn3)=C(OC)C(=C=O)C2OC)c(Cl)cc1N. The molecule has 4 rings (SSSR count). The van der Waals surface area contributed by atoms with Crippen molar-refractivity contribution in [3.8, 4) is 5.82 Å². The molecule has 2 aromatic heterocycles. The van der Waals surface area contributed by atoms with Gasteiger partial charge in [0.2, 0.25) is 0 Å². The van der Waals surface area contributed by atoms with Crippen LogP contribution in [0.25, 0.3) is 5.82 Å². The molecule has 0 bridgehead atoms. The van der Waals surface area contributed by atoms with Crippen LogP contribution in [0.5, 0.6) is 0 Å². The second-order valence-electron chi connectivity index (χ2n) is 8.45. The summed E-state index contributed by atoms with van der Waals surface area (Å²) in [5, 5.41) is 11.0. The molecule has 1 atom stereocenters. The maximum atomic E-state index is 13.0. The second-order valence-corrected chi connectivity index (χ2v) is 8.85. The molecule has 3 N–H and O–H groups in total. The highest BCUT2D eigenvalue weighted by atomic mass is 35.5. The minimum atomic E-state index is -0.968. The number of imidazole rings is 1. The Morgan fingerprint density at radius 1 is 1.20 bits per heavy atom. The number of nitrogens with zero attached hydrogens (tertiary/aromatic N) is 4. The Morgan fingerprint density at radius 2 is 2.00 bits per heavy atom. The van der Waals surface area contributed by atoms with E-state index < -0.39 is 18.0 Å². The van der Waals surface area contributed by atoms with Crippen LogP contribution in [0.1, 0.15) is 26.4 Å². The fourth-order valence-corrected chi connectivity index (χ4v) is 4.28. The lowest BCUT2D eigenvalue weighted by molar-refractivity contribution is 0.0601. The smallest absolute Gasteiger partial charge is 0.339 e. The molecule has 1 amide bonds. The van der Waals surface area contributed by atoms with Crippen molar-refractivity contribution < 1.29 is 33.3 Å². The molecular weight excluding hydrogens is 556 g/mol. The van der Waals surface area contributed by atoms with Gasteiger partial charge >= 0.3 is 5.97 Å². The molecule has 1 aliphatic rings. The number of amides is 1. The van der Waals surface area contributed by atoms with Gasteiger partial charge in [0.15, 0.2) is 23.4 Å². The molecule has 13 nitrogen and oxygen atoms in total. The van der Waals surface area contributed by atoms with E-state index in [1.54, 1.807) is 29.4 Å². The monoisotopic (exact) mass is 580 g/mol. The Morgan fingerprint density at radius 3 is 2.61 bits per heavy atom. The normalized spacial score (nSPS) is 14.7. The minimum absolute atomic E-state index is 0.0117. The number of ether oxygens (including phenoxy) is 4. The topological polar surface area (TPSA) is 170 Å². The molecule has 2 heterocycles. The number of carbonyl (C=O) groups is 2. The van der Waals surface area contributed by atoms with Gasteiger partial charge in [-0.3, -0.25) is 9.36 Å². The number of benzene rings is 1. The Hall–Kier alpha value is -4.97. The molecule has 0 saturated carbocycles. The van der Waals surface area contributed by atoms with Gasteiger partial charge in [0.05, 0.1) is 32.1 Å². The van der Waals surface area contributed by atoms with E-state index in [0.29, 0.717) is 16.4 Å². The maximum Gasteiger partial charge on any atom is 0.339 e. The van der Waals surface area contributed by atoms with Gasteiger partial charge in [0, 0.05) is 42.7 Å². The lowest BCUT2D eigenvalue weighted by Crippen LogP contribution is -2.32. The first kappa shape index (κ1) is 29.0. The number of hydrogen-bond donors (Lipinski definition) is 2. The zero-order valence-electron chi connectivity index (χ0n) is 22.2. The van der Waals surface area contributed by atoms with Crippen LogP contribution in [-0.2, 0) is 30.2 Å². The summed E-state index contributed by atoms with van der Waals surface area (Å²) >= 11 is 6.32. The van der Waals surface area contributed by atoms with E-state index >= 15 is 0 Å². The Balaban J connectivity index is 1.55. The molecule has 1 aliphatic carbocycles. The van der Waals surface area contributed by atoms with Gasteiger partial charge in [-0.25, -0.2) is 14.6 Å². The van der Waals surface area contributed by atoms with E-state index in [0.717, 1.165) is 0 Å². The zero-order valence-corrected chi connectivity index (χ0v) is 23.0. The van der Waals surface area contributed by atoms with Crippen LogP contribution in [0.4, 0.5) is 5.69 Å².